The number of rotatable bonds is 6. The first kappa shape index (κ1) is 17.4. The van der Waals surface area contributed by atoms with Crippen molar-refractivity contribution in [3.63, 3.8) is 0 Å². The molecule has 2 aliphatic rings. The van der Waals surface area contributed by atoms with Crippen molar-refractivity contribution in [3.8, 4) is 17.1 Å². The van der Waals surface area contributed by atoms with Gasteiger partial charge in [0.2, 0.25) is 0 Å². The van der Waals surface area contributed by atoms with E-state index in [9.17, 15) is 9.18 Å². The van der Waals surface area contributed by atoms with Gasteiger partial charge in [-0.2, -0.15) is 4.37 Å². The number of carbonyl (C=O) groups is 1. The molecule has 1 heterocycles. The molecule has 0 spiro atoms. The van der Waals surface area contributed by atoms with Crippen LogP contribution in [-0.4, -0.2) is 27.3 Å². The van der Waals surface area contributed by atoms with Crippen LogP contribution in [0.2, 0.25) is 0 Å². The highest BCUT2D eigenvalue weighted by Gasteiger charge is 2.42. The highest BCUT2D eigenvalue weighted by Crippen LogP contribution is 2.49. The Kier molecular flexibility index (Phi) is 4.89. The van der Waals surface area contributed by atoms with Crippen molar-refractivity contribution in [3.05, 3.63) is 30.1 Å². The van der Waals surface area contributed by atoms with E-state index in [0.717, 1.165) is 23.6 Å². The molecule has 1 aromatic carbocycles. The van der Waals surface area contributed by atoms with Crippen LogP contribution in [0.5, 0.6) is 5.88 Å². The second kappa shape index (κ2) is 7.31. The third-order valence-corrected chi connectivity index (χ3v) is 6.23. The van der Waals surface area contributed by atoms with Gasteiger partial charge in [0, 0.05) is 11.6 Å². The van der Waals surface area contributed by atoms with E-state index in [1.54, 1.807) is 12.1 Å². The van der Waals surface area contributed by atoms with Crippen molar-refractivity contribution in [2.75, 3.05) is 6.61 Å². The molecule has 7 heteroatoms. The van der Waals surface area contributed by atoms with Crippen LogP contribution in [-0.2, 0) is 4.79 Å². The number of ether oxygens (including phenoxy) is 1. The average molecular weight is 375 g/mol. The minimum absolute atomic E-state index is 0.112. The van der Waals surface area contributed by atoms with Crippen molar-refractivity contribution in [2.24, 2.45) is 17.8 Å². The molecule has 4 rings (SSSR count). The van der Waals surface area contributed by atoms with Crippen LogP contribution in [0.4, 0.5) is 4.39 Å². The maximum absolute atomic E-state index is 13.4. The van der Waals surface area contributed by atoms with Crippen LogP contribution < -0.4 is 10.1 Å². The van der Waals surface area contributed by atoms with E-state index >= 15 is 0 Å². The number of amides is 1. The summed E-state index contributed by atoms with van der Waals surface area (Å²) >= 11 is 0.982. The summed E-state index contributed by atoms with van der Waals surface area (Å²) in [5.74, 6) is 1.97. The quantitative estimate of drug-likeness (QED) is 0.837. The Morgan fingerprint density at radius 3 is 3.00 bits per heavy atom. The molecule has 0 radical (unpaired) electrons. The Balaban J connectivity index is 1.33. The molecule has 138 valence electrons. The van der Waals surface area contributed by atoms with E-state index in [-0.39, 0.29) is 30.3 Å². The molecule has 0 saturated heterocycles. The molecule has 2 aromatic rings. The minimum Gasteiger partial charge on any atom is -0.465 e. The molecule has 4 unspecified atom stereocenters. The fraction of sp³-hybridized carbons (Fsp3) is 0.526. The zero-order chi connectivity index (χ0) is 18.1. The molecule has 1 amide bonds. The van der Waals surface area contributed by atoms with Gasteiger partial charge in [-0.15, -0.1) is 4.37 Å². The molecule has 26 heavy (non-hydrogen) atoms. The second-order valence-corrected chi connectivity index (χ2v) is 7.94. The molecular weight excluding hydrogens is 353 g/mol. The molecule has 2 saturated carbocycles. The summed E-state index contributed by atoms with van der Waals surface area (Å²) in [7, 11) is 0. The van der Waals surface area contributed by atoms with Gasteiger partial charge >= 0.3 is 0 Å². The molecule has 1 N–H and O–H groups in total. The number of fused-ring (bicyclic) bond motifs is 2. The van der Waals surface area contributed by atoms with Crippen LogP contribution in [0, 0.1) is 23.6 Å². The van der Waals surface area contributed by atoms with E-state index in [0.29, 0.717) is 17.2 Å². The van der Waals surface area contributed by atoms with Gasteiger partial charge in [0.05, 0.1) is 11.7 Å². The molecular formula is C19H22FN3O2S. The van der Waals surface area contributed by atoms with Gasteiger partial charge in [0.25, 0.3) is 11.8 Å². The molecule has 5 nitrogen and oxygen atoms in total. The molecule has 2 aliphatic carbocycles. The van der Waals surface area contributed by atoms with E-state index in [4.69, 9.17) is 4.74 Å². The van der Waals surface area contributed by atoms with E-state index in [2.05, 4.69) is 21.0 Å². The van der Waals surface area contributed by atoms with Gasteiger partial charge in [-0.25, -0.2) is 4.39 Å². The Hall–Kier alpha value is -2.02. The zero-order valence-electron chi connectivity index (χ0n) is 14.7. The summed E-state index contributed by atoms with van der Waals surface area (Å²) in [6, 6.07) is 6.26. The fourth-order valence-electron chi connectivity index (χ4n) is 4.53. The first-order chi connectivity index (χ1) is 12.6. The lowest BCUT2D eigenvalue weighted by atomic mass is 9.84. The molecule has 2 bridgehead atoms. The van der Waals surface area contributed by atoms with Crippen molar-refractivity contribution in [2.45, 2.75) is 38.6 Å². The molecule has 2 fully saturated rings. The lowest BCUT2D eigenvalue weighted by Gasteiger charge is -2.28. The topological polar surface area (TPSA) is 64.1 Å². The smallest absolute Gasteiger partial charge is 0.258 e. The fourth-order valence-corrected chi connectivity index (χ4v) is 5.05. The zero-order valence-corrected chi connectivity index (χ0v) is 15.5. The lowest BCUT2D eigenvalue weighted by Crippen LogP contribution is -2.42. The SMILES string of the molecule is CC(NC(=O)COc1nsnc1-c1cccc(F)c1)C1CC2CCC1C2. The molecule has 4 atom stereocenters. The summed E-state index contributed by atoms with van der Waals surface area (Å²) < 4.78 is 27.2. The Bertz CT molecular complexity index is 797. The standard InChI is InChI=1S/C19H22FN3O2S/c1-11(16-8-12-5-6-13(16)7-12)21-17(24)10-25-19-18(22-26-23-19)14-3-2-4-15(20)9-14/h2-4,9,11-13,16H,5-8,10H2,1H3,(H,21,24). The van der Waals surface area contributed by atoms with Gasteiger partial charge in [0.1, 0.15) is 11.5 Å². The number of carbonyl (C=O) groups excluding carboxylic acids is 1. The Morgan fingerprint density at radius 2 is 2.27 bits per heavy atom. The minimum atomic E-state index is -0.348. The van der Waals surface area contributed by atoms with E-state index < -0.39 is 0 Å². The number of hydrogen-bond acceptors (Lipinski definition) is 5. The van der Waals surface area contributed by atoms with Crippen LogP contribution in [0.25, 0.3) is 11.3 Å². The number of benzene rings is 1. The van der Waals surface area contributed by atoms with Crippen molar-refractivity contribution >= 4 is 17.6 Å². The number of aromatic nitrogens is 2. The van der Waals surface area contributed by atoms with Crippen LogP contribution in [0.15, 0.2) is 24.3 Å². The van der Waals surface area contributed by atoms with E-state index in [1.807, 2.05) is 0 Å². The number of nitrogens with one attached hydrogen (secondary N) is 1. The van der Waals surface area contributed by atoms with Crippen LogP contribution in [0.3, 0.4) is 0 Å². The lowest BCUT2D eigenvalue weighted by molar-refractivity contribution is -0.124. The van der Waals surface area contributed by atoms with Gasteiger partial charge in [-0.3, -0.25) is 4.79 Å². The Morgan fingerprint density at radius 1 is 1.38 bits per heavy atom. The van der Waals surface area contributed by atoms with Crippen molar-refractivity contribution < 1.29 is 13.9 Å². The third kappa shape index (κ3) is 3.58. The predicted octanol–water partition coefficient (Wildman–Crippen LogP) is 3.66. The molecule has 0 aliphatic heterocycles. The number of halogens is 1. The first-order valence-electron chi connectivity index (χ1n) is 9.11. The maximum Gasteiger partial charge on any atom is 0.258 e. The van der Waals surface area contributed by atoms with Gasteiger partial charge in [-0.1, -0.05) is 18.6 Å². The van der Waals surface area contributed by atoms with Gasteiger partial charge in [0.15, 0.2) is 6.61 Å². The highest BCUT2D eigenvalue weighted by atomic mass is 32.1. The number of hydrogen-bond donors (Lipinski definition) is 1. The third-order valence-electron chi connectivity index (χ3n) is 5.72. The van der Waals surface area contributed by atoms with Gasteiger partial charge in [-0.05, 0) is 56.1 Å². The monoisotopic (exact) mass is 375 g/mol. The number of nitrogens with zero attached hydrogens (tertiary/aromatic N) is 2. The molecule has 1 aromatic heterocycles. The van der Waals surface area contributed by atoms with Gasteiger partial charge < -0.3 is 10.1 Å². The summed E-state index contributed by atoms with van der Waals surface area (Å²) in [4.78, 5) is 12.3. The first-order valence-corrected chi connectivity index (χ1v) is 9.84. The summed E-state index contributed by atoms with van der Waals surface area (Å²) in [6.45, 7) is 1.98. The van der Waals surface area contributed by atoms with Crippen molar-refractivity contribution in [1.29, 1.82) is 0 Å². The highest BCUT2D eigenvalue weighted by molar-refractivity contribution is 6.99. The average Bonchev–Trinajstić information content (AvgIpc) is 3.36. The summed E-state index contributed by atoms with van der Waals surface area (Å²) in [5.41, 5.74) is 1.05. The van der Waals surface area contributed by atoms with Crippen molar-refractivity contribution in [1.82, 2.24) is 14.1 Å². The second-order valence-electron chi connectivity index (χ2n) is 7.41. The largest absolute Gasteiger partial charge is 0.465 e. The van der Waals surface area contributed by atoms with E-state index in [1.165, 1.54) is 37.8 Å². The summed E-state index contributed by atoms with van der Waals surface area (Å²) in [6.07, 6.45) is 5.20. The Labute approximate surface area is 156 Å². The normalized spacial score (nSPS) is 25.2. The summed E-state index contributed by atoms with van der Waals surface area (Å²) in [5, 5.41) is 3.07. The van der Waals surface area contributed by atoms with Crippen LogP contribution >= 0.6 is 11.7 Å². The predicted molar refractivity (Wildman–Crippen MR) is 97.3 cm³/mol. The van der Waals surface area contributed by atoms with Crippen LogP contribution in [0.1, 0.15) is 32.6 Å². The maximum atomic E-state index is 13.4.